The van der Waals surface area contributed by atoms with Crippen molar-refractivity contribution < 1.29 is 23.1 Å². The van der Waals surface area contributed by atoms with Gasteiger partial charge in [-0.2, -0.15) is 13.2 Å². The van der Waals surface area contributed by atoms with Crippen molar-refractivity contribution in [1.29, 1.82) is 0 Å². The highest BCUT2D eigenvalue weighted by atomic mass is 19.4. The molecule has 0 aromatic carbocycles. The first-order chi connectivity index (χ1) is 8.26. The Morgan fingerprint density at radius 2 is 2.11 bits per heavy atom. The summed E-state index contributed by atoms with van der Waals surface area (Å²) < 4.78 is 36.8. The fraction of sp³-hybridized carbons (Fsp3) is 0.455. The van der Waals surface area contributed by atoms with Crippen molar-refractivity contribution >= 4 is 5.97 Å². The SMILES string of the molecule is Cc1ccc(CN(CC(=O)O)CC(F)(F)F)nc1. The first-order valence-electron chi connectivity index (χ1n) is 5.19. The first kappa shape index (κ1) is 14.4. The van der Waals surface area contributed by atoms with Crippen LogP contribution in [0.15, 0.2) is 18.3 Å². The standard InChI is InChI=1S/C11H13F3N2O2/c1-8-2-3-9(15-4-8)5-16(6-10(17)18)7-11(12,13)14/h2-4H,5-7H2,1H3,(H,17,18). The summed E-state index contributed by atoms with van der Waals surface area (Å²) in [6, 6.07) is 3.30. The van der Waals surface area contributed by atoms with E-state index in [9.17, 15) is 18.0 Å². The number of hydrogen-bond donors (Lipinski definition) is 1. The minimum absolute atomic E-state index is 0.147. The van der Waals surface area contributed by atoms with Crippen molar-refractivity contribution in [2.45, 2.75) is 19.6 Å². The number of pyridine rings is 1. The average molecular weight is 262 g/mol. The molecule has 0 aliphatic carbocycles. The Morgan fingerprint density at radius 1 is 1.44 bits per heavy atom. The van der Waals surface area contributed by atoms with Crippen molar-refractivity contribution in [3.63, 3.8) is 0 Å². The molecule has 0 spiro atoms. The largest absolute Gasteiger partial charge is 0.480 e. The van der Waals surface area contributed by atoms with Crippen LogP contribution in [0.5, 0.6) is 0 Å². The third-order valence-corrected chi connectivity index (χ3v) is 2.12. The number of aliphatic carboxylic acids is 1. The van der Waals surface area contributed by atoms with Crippen molar-refractivity contribution in [3.8, 4) is 0 Å². The molecule has 0 bridgehead atoms. The smallest absolute Gasteiger partial charge is 0.401 e. The molecule has 100 valence electrons. The summed E-state index contributed by atoms with van der Waals surface area (Å²) in [5.74, 6) is -1.30. The maximum absolute atomic E-state index is 12.3. The van der Waals surface area contributed by atoms with Gasteiger partial charge in [-0.05, 0) is 18.6 Å². The molecule has 1 aromatic heterocycles. The van der Waals surface area contributed by atoms with Crippen LogP contribution in [0.3, 0.4) is 0 Å². The van der Waals surface area contributed by atoms with Crippen molar-refractivity contribution in [2.24, 2.45) is 0 Å². The fourth-order valence-electron chi connectivity index (χ4n) is 1.43. The van der Waals surface area contributed by atoms with Crippen LogP contribution in [-0.4, -0.2) is 40.2 Å². The maximum Gasteiger partial charge on any atom is 0.401 e. The molecule has 0 atom stereocenters. The highest BCUT2D eigenvalue weighted by molar-refractivity contribution is 5.69. The molecule has 0 aliphatic rings. The molecule has 0 unspecified atom stereocenters. The maximum atomic E-state index is 12.3. The number of alkyl halides is 3. The molecule has 18 heavy (non-hydrogen) atoms. The van der Waals surface area contributed by atoms with Gasteiger partial charge in [0.15, 0.2) is 0 Å². The molecule has 0 amide bonds. The zero-order chi connectivity index (χ0) is 13.8. The van der Waals surface area contributed by atoms with E-state index in [1.54, 1.807) is 12.1 Å². The normalized spacial score (nSPS) is 11.8. The zero-order valence-corrected chi connectivity index (χ0v) is 9.74. The number of carboxylic acids is 1. The van der Waals surface area contributed by atoms with Crippen molar-refractivity contribution in [3.05, 3.63) is 29.6 Å². The number of halogens is 3. The zero-order valence-electron chi connectivity index (χ0n) is 9.74. The van der Waals surface area contributed by atoms with Gasteiger partial charge in [-0.3, -0.25) is 14.7 Å². The molecule has 1 rings (SSSR count). The van der Waals surface area contributed by atoms with E-state index in [1.807, 2.05) is 6.92 Å². The van der Waals surface area contributed by atoms with E-state index in [1.165, 1.54) is 6.20 Å². The van der Waals surface area contributed by atoms with Crippen molar-refractivity contribution in [1.82, 2.24) is 9.88 Å². The number of hydrogen-bond acceptors (Lipinski definition) is 3. The number of aromatic nitrogens is 1. The van der Waals surface area contributed by atoms with Gasteiger partial charge >= 0.3 is 12.1 Å². The first-order valence-corrected chi connectivity index (χ1v) is 5.19. The molecule has 0 saturated heterocycles. The summed E-state index contributed by atoms with van der Waals surface area (Å²) >= 11 is 0. The molecule has 1 heterocycles. The van der Waals surface area contributed by atoms with Gasteiger partial charge < -0.3 is 5.11 Å². The van der Waals surface area contributed by atoms with Gasteiger partial charge in [0.2, 0.25) is 0 Å². The Morgan fingerprint density at radius 3 is 2.56 bits per heavy atom. The second-order valence-corrected chi connectivity index (χ2v) is 3.98. The minimum atomic E-state index is -4.43. The van der Waals surface area contributed by atoms with Gasteiger partial charge in [0.25, 0.3) is 0 Å². The Labute approximate surface area is 102 Å². The van der Waals surface area contributed by atoms with Gasteiger partial charge in [-0.1, -0.05) is 6.07 Å². The van der Waals surface area contributed by atoms with Crippen LogP contribution < -0.4 is 0 Å². The van der Waals surface area contributed by atoms with E-state index in [0.29, 0.717) is 5.69 Å². The Balaban J connectivity index is 2.71. The molecule has 0 saturated carbocycles. The summed E-state index contributed by atoms with van der Waals surface area (Å²) in [5, 5.41) is 8.57. The van der Waals surface area contributed by atoms with Gasteiger partial charge in [-0.25, -0.2) is 0 Å². The lowest BCUT2D eigenvalue weighted by atomic mass is 10.2. The summed E-state index contributed by atoms with van der Waals surface area (Å²) in [7, 11) is 0. The lowest BCUT2D eigenvalue weighted by Crippen LogP contribution is -2.37. The molecular weight excluding hydrogens is 249 g/mol. The predicted molar refractivity (Wildman–Crippen MR) is 57.9 cm³/mol. The monoisotopic (exact) mass is 262 g/mol. The molecule has 7 heteroatoms. The Bertz CT molecular complexity index is 404. The van der Waals surface area contributed by atoms with E-state index in [0.717, 1.165) is 10.5 Å². The van der Waals surface area contributed by atoms with Gasteiger partial charge in [0.05, 0.1) is 18.8 Å². The van der Waals surface area contributed by atoms with Crippen LogP contribution in [-0.2, 0) is 11.3 Å². The number of aryl methyl sites for hydroxylation is 1. The van der Waals surface area contributed by atoms with E-state index in [4.69, 9.17) is 5.11 Å². The van der Waals surface area contributed by atoms with E-state index < -0.39 is 25.2 Å². The summed E-state index contributed by atoms with van der Waals surface area (Å²) in [5.41, 5.74) is 1.30. The van der Waals surface area contributed by atoms with Crippen LogP contribution in [0.2, 0.25) is 0 Å². The van der Waals surface area contributed by atoms with Crippen LogP contribution >= 0.6 is 0 Å². The number of nitrogens with zero attached hydrogens (tertiary/aromatic N) is 2. The fourth-order valence-corrected chi connectivity index (χ4v) is 1.43. The third kappa shape index (κ3) is 5.62. The van der Waals surface area contributed by atoms with Crippen LogP contribution in [0.1, 0.15) is 11.3 Å². The summed E-state index contributed by atoms with van der Waals surface area (Å²) in [4.78, 5) is 15.3. The highest BCUT2D eigenvalue weighted by Crippen LogP contribution is 2.17. The second kappa shape index (κ2) is 5.81. The number of rotatable bonds is 5. The molecule has 0 radical (unpaired) electrons. The van der Waals surface area contributed by atoms with Crippen LogP contribution in [0.4, 0.5) is 13.2 Å². The lowest BCUT2D eigenvalue weighted by Gasteiger charge is -2.21. The molecule has 0 aliphatic heterocycles. The van der Waals surface area contributed by atoms with Crippen LogP contribution in [0, 0.1) is 6.92 Å². The average Bonchev–Trinajstić information content (AvgIpc) is 2.18. The lowest BCUT2D eigenvalue weighted by molar-refractivity contribution is -0.155. The third-order valence-electron chi connectivity index (χ3n) is 2.12. The van der Waals surface area contributed by atoms with Crippen LogP contribution in [0.25, 0.3) is 0 Å². The highest BCUT2D eigenvalue weighted by Gasteiger charge is 2.31. The number of carbonyl (C=O) groups is 1. The quantitative estimate of drug-likeness (QED) is 0.879. The van der Waals surface area contributed by atoms with E-state index >= 15 is 0 Å². The van der Waals surface area contributed by atoms with E-state index in [-0.39, 0.29) is 6.54 Å². The molecule has 0 fully saturated rings. The molecular formula is C11H13F3N2O2. The van der Waals surface area contributed by atoms with Gasteiger partial charge in [0, 0.05) is 12.7 Å². The summed E-state index contributed by atoms with van der Waals surface area (Å²) in [6.45, 7) is -0.280. The van der Waals surface area contributed by atoms with E-state index in [2.05, 4.69) is 4.98 Å². The topological polar surface area (TPSA) is 53.4 Å². The minimum Gasteiger partial charge on any atom is -0.480 e. The molecule has 4 nitrogen and oxygen atoms in total. The van der Waals surface area contributed by atoms with Gasteiger partial charge in [0.1, 0.15) is 0 Å². The molecule has 1 aromatic rings. The Kier molecular flexibility index (Phi) is 4.66. The van der Waals surface area contributed by atoms with Gasteiger partial charge in [-0.15, -0.1) is 0 Å². The Hall–Kier alpha value is -1.63. The molecule has 1 N–H and O–H groups in total. The second-order valence-electron chi connectivity index (χ2n) is 3.98. The number of carboxylic acid groups (broad SMARTS) is 1. The predicted octanol–water partition coefficient (Wildman–Crippen LogP) is 1.84. The summed E-state index contributed by atoms with van der Waals surface area (Å²) in [6.07, 6.45) is -2.90. The van der Waals surface area contributed by atoms with Crippen molar-refractivity contribution in [2.75, 3.05) is 13.1 Å².